The number of ketones is 1. The second-order valence-electron chi connectivity index (χ2n) is 5.26. The molecule has 2 rings (SSSR count). The van der Waals surface area contributed by atoms with Gasteiger partial charge in [-0.1, -0.05) is 23.2 Å². The predicted molar refractivity (Wildman–Crippen MR) is 78.3 cm³/mol. The summed E-state index contributed by atoms with van der Waals surface area (Å²) >= 11 is 12.3. The van der Waals surface area contributed by atoms with Gasteiger partial charge in [-0.2, -0.15) is 0 Å². The van der Waals surface area contributed by atoms with Crippen molar-refractivity contribution < 1.29 is 14.7 Å². The molecule has 1 atom stereocenters. The fourth-order valence-electron chi connectivity index (χ4n) is 2.59. The molecule has 1 heterocycles. The maximum atomic E-state index is 12.6. The van der Waals surface area contributed by atoms with Crippen LogP contribution in [0.4, 0.5) is 5.69 Å². The van der Waals surface area contributed by atoms with Gasteiger partial charge in [0.1, 0.15) is 5.78 Å². The summed E-state index contributed by atoms with van der Waals surface area (Å²) in [5.74, 6) is -0.860. The number of aliphatic hydroxyl groups is 1. The van der Waals surface area contributed by atoms with Crippen molar-refractivity contribution in [2.75, 3.05) is 4.90 Å². The first kappa shape index (κ1) is 15.3. The number of carbonyl (C=O) groups excluding carboxylic acids is 2. The highest BCUT2D eigenvalue weighted by Gasteiger charge is 2.53. The maximum absolute atomic E-state index is 12.6. The van der Waals surface area contributed by atoms with Crippen LogP contribution in [0.2, 0.25) is 10.0 Å². The van der Waals surface area contributed by atoms with Gasteiger partial charge in [-0.15, -0.1) is 0 Å². The van der Waals surface area contributed by atoms with Crippen molar-refractivity contribution in [3.8, 4) is 0 Å². The number of anilines is 1. The van der Waals surface area contributed by atoms with E-state index in [2.05, 4.69) is 0 Å². The van der Waals surface area contributed by atoms with Gasteiger partial charge < -0.3 is 10.0 Å². The van der Waals surface area contributed by atoms with Crippen LogP contribution in [0.1, 0.15) is 32.8 Å². The normalized spacial score (nSPS) is 21.6. The SMILES string of the molecule is CC(=O)CC1(O)C(=O)N(C(C)C)c2c(Cl)ccc(Cl)c21. The second-order valence-corrected chi connectivity index (χ2v) is 6.08. The van der Waals surface area contributed by atoms with Gasteiger partial charge in [-0.05, 0) is 32.9 Å². The molecular weight excluding hydrogens is 301 g/mol. The number of fused-ring (bicyclic) bond motifs is 1. The van der Waals surface area contributed by atoms with Gasteiger partial charge in [0.05, 0.1) is 10.7 Å². The van der Waals surface area contributed by atoms with Crippen LogP contribution in [-0.2, 0) is 15.2 Å². The molecule has 1 aliphatic rings. The molecule has 0 radical (unpaired) electrons. The predicted octanol–water partition coefficient (Wildman–Crippen LogP) is 2.92. The molecule has 0 bridgehead atoms. The highest BCUT2D eigenvalue weighted by molar-refractivity contribution is 6.38. The number of hydrogen-bond acceptors (Lipinski definition) is 3. The van der Waals surface area contributed by atoms with Crippen LogP contribution < -0.4 is 4.90 Å². The first-order valence-electron chi connectivity index (χ1n) is 6.24. The minimum absolute atomic E-state index is 0.210. The zero-order chi connectivity index (χ0) is 15.2. The van der Waals surface area contributed by atoms with Crippen LogP contribution in [0, 0.1) is 0 Å². The number of halogens is 2. The zero-order valence-electron chi connectivity index (χ0n) is 11.4. The summed E-state index contributed by atoms with van der Waals surface area (Å²) in [5.41, 5.74) is -1.32. The van der Waals surface area contributed by atoms with Crippen molar-refractivity contribution in [2.24, 2.45) is 0 Å². The molecule has 1 aromatic rings. The van der Waals surface area contributed by atoms with Crippen molar-refractivity contribution >= 4 is 40.6 Å². The molecule has 1 aliphatic heterocycles. The van der Waals surface area contributed by atoms with Crippen molar-refractivity contribution in [2.45, 2.75) is 38.8 Å². The Labute approximate surface area is 127 Å². The number of hydrogen-bond donors (Lipinski definition) is 1. The van der Waals surface area contributed by atoms with E-state index in [-0.39, 0.29) is 28.8 Å². The molecular formula is C14H15Cl2NO3. The summed E-state index contributed by atoms with van der Waals surface area (Å²) in [6.07, 6.45) is -0.317. The Morgan fingerprint density at radius 2 is 1.90 bits per heavy atom. The Hall–Kier alpha value is -1.10. The molecule has 1 N–H and O–H groups in total. The van der Waals surface area contributed by atoms with Gasteiger partial charge in [0.15, 0.2) is 5.60 Å². The molecule has 1 aromatic carbocycles. The zero-order valence-corrected chi connectivity index (χ0v) is 12.9. The lowest BCUT2D eigenvalue weighted by molar-refractivity contribution is -0.141. The summed E-state index contributed by atoms with van der Waals surface area (Å²) in [6, 6.07) is 2.88. The highest BCUT2D eigenvalue weighted by Crippen LogP contribution is 2.50. The van der Waals surface area contributed by atoms with Crippen LogP contribution >= 0.6 is 23.2 Å². The Balaban J connectivity index is 2.75. The van der Waals surface area contributed by atoms with Crippen molar-refractivity contribution in [1.82, 2.24) is 0 Å². The Bertz CT molecular complexity index is 600. The molecule has 4 nitrogen and oxygen atoms in total. The molecule has 0 saturated heterocycles. The quantitative estimate of drug-likeness (QED) is 0.933. The third kappa shape index (κ3) is 2.12. The van der Waals surface area contributed by atoms with E-state index >= 15 is 0 Å². The van der Waals surface area contributed by atoms with E-state index in [9.17, 15) is 14.7 Å². The first-order chi connectivity index (χ1) is 9.20. The molecule has 0 spiro atoms. The molecule has 1 amide bonds. The highest BCUT2D eigenvalue weighted by atomic mass is 35.5. The van der Waals surface area contributed by atoms with Crippen molar-refractivity contribution in [3.05, 3.63) is 27.7 Å². The molecule has 108 valence electrons. The van der Waals surface area contributed by atoms with Gasteiger partial charge in [-0.25, -0.2) is 0 Å². The van der Waals surface area contributed by atoms with Crippen molar-refractivity contribution in [3.63, 3.8) is 0 Å². The number of Topliss-reactive ketones (excluding diaryl/α,β-unsaturated/α-hetero) is 1. The number of benzene rings is 1. The number of amides is 1. The standard InChI is InChI=1S/C14H15Cl2NO3/c1-7(2)17-12-10(16)5-4-9(15)11(12)14(20,13(17)19)6-8(3)18/h4-5,7,20H,6H2,1-3H3. The van der Waals surface area contributed by atoms with E-state index in [1.165, 1.54) is 17.9 Å². The topological polar surface area (TPSA) is 57.6 Å². The summed E-state index contributed by atoms with van der Waals surface area (Å²) in [6.45, 7) is 4.93. The van der Waals surface area contributed by atoms with E-state index in [0.29, 0.717) is 10.7 Å². The monoisotopic (exact) mass is 315 g/mol. The van der Waals surface area contributed by atoms with E-state index in [4.69, 9.17) is 23.2 Å². The second kappa shape index (κ2) is 5.02. The molecule has 0 fully saturated rings. The van der Waals surface area contributed by atoms with Crippen LogP contribution in [0.5, 0.6) is 0 Å². The van der Waals surface area contributed by atoms with Crippen LogP contribution in [0.15, 0.2) is 12.1 Å². The average Bonchev–Trinajstić information content (AvgIpc) is 2.54. The van der Waals surface area contributed by atoms with Gasteiger partial charge in [0.25, 0.3) is 5.91 Å². The molecule has 1 unspecified atom stereocenters. The van der Waals surface area contributed by atoms with Gasteiger partial charge in [0.2, 0.25) is 0 Å². The van der Waals surface area contributed by atoms with E-state index in [0.717, 1.165) is 0 Å². The van der Waals surface area contributed by atoms with Crippen molar-refractivity contribution in [1.29, 1.82) is 0 Å². The van der Waals surface area contributed by atoms with Crippen LogP contribution in [0.3, 0.4) is 0 Å². The van der Waals surface area contributed by atoms with E-state index in [1.54, 1.807) is 19.9 Å². The summed E-state index contributed by atoms with van der Waals surface area (Å²) in [5, 5.41) is 11.3. The largest absolute Gasteiger partial charge is 0.375 e. The lowest BCUT2D eigenvalue weighted by atomic mass is 9.90. The Morgan fingerprint density at radius 1 is 1.35 bits per heavy atom. The first-order valence-corrected chi connectivity index (χ1v) is 6.99. The Kier molecular flexibility index (Phi) is 3.84. The average molecular weight is 316 g/mol. The minimum atomic E-state index is -1.94. The Morgan fingerprint density at radius 3 is 2.40 bits per heavy atom. The lowest BCUT2D eigenvalue weighted by Gasteiger charge is -2.25. The maximum Gasteiger partial charge on any atom is 0.264 e. The summed E-state index contributed by atoms with van der Waals surface area (Å²) in [4.78, 5) is 25.4. The molecule has 0 aromatic heterocycles. The van der Waals surface area contributed by atoms with Crippen LogP contribution in [0.25, 0.3) is 0 Å². The molecule has 0 saturated carbocycles. The molecule has 0 aliphatic carbocycles. The van der Waals surface area contributed by atoms with E-state index < -0.39 is 11.5 Å². The lowest BCUT2D eigenvalue weighted by Crippen LogP contribution is -2.44. The fraction of sp³-hybridized carbons (Fsp3) is 0.429. The number of carbonyl (C=O) groups is 2. The molecule has 20 heavy (non-hydrogen) atoms. The molecule has 6 heteroatoms. The fourth-order valence-corrected chi connectivity index (χ4v) is 3.15. The third-order valence-electron chi connectivity index (χ3n) is 3.33. The van der Waals surface area contributed by atoms with Crippen LogP contribution in [-0.4, -0.2) is 22.8 Å². The smallest absolute Gasteiger partial charge is 0.264 e. The van der Waals surface area contributed by atoms with Gasteiger partial charge >= 0.3 is 0 Å². The minimum Gasteiger partial charge on any atom is -0.375 e. The number of rotatable bonds is 3. The van der Waals surface area contributed by atoms with E-state index in [1.807, 2.05) is 0 Å². The summed E-state index contributed by atoms with van der Waals surface area (Å²) in [7, 11) is 0. The number of nitrogens with zero attached hydrogens (tertiary/aromatic N) is 1. The van der Waals surface area contributed by atoms with Gasteiger partial charge in [-0.3, -0.25) is 9.59 Å². The van der Waals surface area contributed by atoms with Gasteiger partial charge in [0, 0.05) is 23.0 Å². The third-order valence-corrected chi connectivity index (χ3v) is 3.95. The summed E-state index contributed by atoms with van der Waals surface area (Å²) < 4.78 is 0.